The van der Waals surface area contributed by atoms with E-state index in [0.29, 0.717) is 11.3 Å². The fraction of sp³-hybridized carbons (Fsp3) is 0.250. The minimum absolute atomic E-state index is 0.565. The van der Waals surface area contributed by atoms with Gasteiger partial charge in [0.15, 0.2) is 0 Å². The number of nitriles is 1. The lowest BCUT2D eigenvalue weighted by Crippen LogP contribution is -1.88. The van der Waals surface area contributed by atoms with Gasteiger partial charge in [-0.1, -0.05) is 34.1 Å². The summed E-state index contributed by atoms with van der Waals surface area (Å²) in [6.07, 6.45) is 5.09. The lowest BCUT2D eigenvalue weighted by Gasteiger charge is -2.03. The molecule has 3 heteroatoms. The maximum Gasteiger partial charge on any atom is 0.137 e. The number of halogens is 1. The van der Waals surface area contributed by atoms with Crippen molar-refractivity contribution in [1.82, 2.24) is 0 Å². The van der Waals surface area contributed by atoms with Gasteiger partial charge in [0.2, 0.25) is 0 Å². The van der Waals surface area contributed by atoms with Crippen molar-refractivity contribution >= 4 is 22.0 Å². The van der Waals surface area contributed by atoms with Gasteiger partial charge in [0.05, 0.1) is 12.7 Å². The zero-order valence-corrected chi connectivity index (χ0v) is 10.1. The van der Waals surface area contributed by atoms with Crippen LogP contribution in [0.4, 0.5) is 0 Å². The molecule has 78 valence electrons. The summed E-state index contributed by atoms with van der Waals surface area (Å²) < 4.78 is 5.12. The molecule has 0 N–H and O–H groups in total. The largest absolute Gasteiger partial charge is 0.495 e. The Bertz CT molecular complexity index is 393. The van der Waals surface area contributed by atoms with Crippen LogP contribution in [0.5, 0.6) is 5.75 Å². The SMILES string of the molecule is COc1cc(C=CCCBr)ccc1C#N. The monoisotopic (exact) mass is 265 g/mol. The summed E-state index contributed by atoms with van der Waals surface area (Å²) in [5, 5.41) is 9.76. The molecule has 0 saturated heterocycles. The zero-order valence-electron chi connectivity index (χ0n) is 8.53. The highest BCUT2D eigenvalue weighted by Gasteiger charge is 2.01. The predicted molar refractivity (Wildman–Crippen MR) is 65.2 cm³/mol. The van der Waals surface area contributed by atoms with Gasteiger partial charge in [-0.3, -0.25) is 0 Å². The van der Waals surface area contributed by atoms with Crippen molar-refractivity contribution in [2.75, 3.05) is 12.4 Å². The van der Waals surface area contributed by atoms with Gasteiger partial charge >= 0.3 is 0 Å². The molecule has 1 rings (SSSR count). The Hall–Kier alpha value is -1.27. The molecule has 1 aromatic rings. The molecular formula is C12H12BrNO. The molecule has 0 atom stereocenters. The average molecular weight is 266 g/mol. The number of allylic oxidation sites excluding steroid dienone is 1. The molecule has 0 aromatic heterocycles. The third-order valence-corrected chi connectivity index (χ3v) is 2.39. The number of ether oxygens (including phenoxy) is 1. The van der Waals surface area contributed by atoms with Crippen LogP contribution in [-0.2, 0) is 0 Å². The molecule has 0 fully saturated rings. The summed E-state index contributed by atoms with van der Waals surface area (Å²) in [5.41, 5.74) is 1.61. The van der Waals surface area contributed by atoms with E-state index in [1.807, 2.05) is 18.2 Å². The van der Waals surface area contributed by atoms with Crippen LogP contribution in [0.15, 0.2) is 24.3 Å². The summed E-state index contributed by atoms with van der Waals surface area (Å²) in [6, 6.07) is 7.63. The van der Waals surface area contributed by atoms with Crippen LogP contribution in [0, 0.1) is 11.3 Å². The van der Waals surface area contributed by atoms with Crippen LogP contribution in [0.25, 0.3) is 6.08 Å². The molecule has 0 aliphatic heterocycles. The van der Waals surface area contributed by atoms with Crippen LogP contribution in [0.2, 0.25) is 0 Å². The third kappa shape index (κ3) is 3.41. The quantitative estimate of drug-likeness (QED) is 0.783. The number of alkyl halides is 1. The number of benzene rings is 1. The molecule has 15 heavy (non-hydrogen) atoms. The smallest absolute Gasteiger partial charge is 0.137 e. The van der Waals surface area contributed by atoms with Crippen molar-refractivity contribution in [3.63, 3.8) is 0 Å². The van der Waals surface area contributed by atoms with Crippen LogP contribution in [0.3, 0.4) is 0 Å². The number of methoxy groups -OCH3 is 1. The highest BCUT2D eigenvalue weighted by molar-refractivity contribution is 9.09. The van der Waals surface area contributed by atoms with Gasteiger partial charge in [-0.05, 0) is 24.1 Å². The van der Waals surface area contributed by atoms with Gasteiger partial charge in [-0.25, -0.2) is 0 Å². The Kier molecular flexibility index (Phi) is 4.92. The summed E-state index contributed by atoms with van der Waals surface area (Å²) >= 11 is 3.35. The molecule has 0 radical (unpaired) electrons. The first-order valence-corrected chi connectivity index (χ1v) is 5.74. The molecule has 0 spiro atoms. The van der Waals surface area contributed by atoms with E-state index in [4.69, 9.17) is 10.00 Å². The number of hydrogen-bond donors (Lipinski definition) is 0. The van der Waals surface area contributed by atoms with Gasteiger partial charge in [0.1, 0.15) is 11.8 Å². The van der Waals surface area contributed by atoms with E-state index in [0.717, 1.165) is 17.3 Å². The average Bonchev–Trinajstić information content (AvgIpc) is 2.29. The predicted octanol–water partition coefficient (Wildman–Crippen LogP) is 3.37. The maximum absolute atomic E-state index is 8.80. The van der Waals surface area contributed by atoms with Crippen LogP contribution in [0.1, 0.15) is 17.5 Å². The Morgan fingerprint density at radius 2 is 2.33 bits per heavy atom. The van der Waals surface area contributed by atoms with Gasteiger partial charge < -0.3 is 4.74 Å². The molecule has 0 heterocycles. The Balaban J connectivity index is 2.89. The van der Waals surface area contributed by atoms with Crippen LogP contribution in [-0.4, -0.2) is 12.4 Å². The first kappa shape index (κ1) is 11.8. The second-order valence-corrected chi connectivity index (χ2v) is 3.74. The summed E-state index contributed by atoms with van der Waals surface area (Å²) in [5.74, 6) is 0.624. The van der Waals surface area contributed by atoms with Crippen molar-refractivity contribution in [1.29, 1.82) is 5.26 Å². The molecule has 0 unspecified atom stereocenters. The lowest BCUT2D eigenvalue weighted by molar-refractivity contribution is 0.413. The van der Waals surface area contributed by atoms with Crippen molar-refractivity contribution in [2.45, 2.75) is 6.42 Å². The standard InChI is InChI=1S/C12H12BrNO/c1-15-12-8-10(4-2-3-7-13)5-6-11(12)9-14/h2,4-6,8H,3,7H2,1H3. The van der Waals surface area contributed by atoms with Crippen molar-refractivity contribution < 1.29 is 4.74 Å². The molecule has 0 saturated carbocycles. The molecule has 0 amide bonds. The normalized spacial score (nSPS) is 10.2. The fourth-order valence-electron chi connectivity index (χ4n) is 1.19. The summed E-state index contributed by atoms with van der Waals surface area (Å²) in [7, 11) is 1.57. The minimum atomic E-state index is 0.565. The van der Waals surface area contributed by atoms with E-state index >= 15 is 0 Å². The van der Waals surface area contributed by atoms with E-state index in [1.165, 1.54) is 0 Å². The minimum Gasteiger partial charge on any atom is -0.495 e. The highest BCUT2D eigenvalue weighted by Crippen LogP contribution is 2.20. The van der Waals surface area contributed by atoms with Crippen LogP contribution >= 0.6 is 15.9 Å². The molecular weight excluding hydrogens is 254 g/mol. The van der Waals surface area contributed by atoms with E-state index in [1.54, 1.807) is 13.2 Å². The first-order valence-electron chi connectivity index (χ1n) is 4.62. The van der Waals surface area contributed by atoms with Gasteiger partial charge in [-0.2, -0.15) is 5.26 Å². The topological polar surface area (TPSA) is 33.0 Å². The fourth-order valence-corrected chi connectivity index (χ4v) is 1.45. The molecule has 1 aromatic carbocycles. The van der Waals surface area contributed by atoms with Gasteiger partial charge in [0, 0.05) is 5.33 Å². The summed E-state index contributed by atoms with van der Waals surface area (Å²) in [4.78, 5) is 0. The maximum atomic E-state index is 8.80. The Morgan fingerprint density at radius 1 is 1.53 bits per heavy atom. The molecule has 2 nitrogen and oxygen atoms in total. The van der Waals surface area contributed by atoms with Gasteiger partial charge in [0.25, 0.3) is 0 Å². The Morgan fingerprint density at radius 3 is 2.93 bits per heavy atom. The van der Waals surface area contributed by atoms with E-state index in [-0.39, 0.29) is 0 Å². The molecule has 0 aliphatic carbocycles. The van der Waals surface area contributed by atoms with Crippen molar-refractivity contribution in [3.8, 4) is 11.8 Å². The zero-order chi connectivity index (χ0) is 11.1. The Labute approximate surface area is 98.3 Å². The number of nitrogens with zero attached hydrogens (tertiary/aromatic N) is 1. The molecule has 0 aliphatic rings. The third-order valence-electron chi connectivity index (χ3n) is 1.93. The second-order valence-electron chi connectivity index (χ2n) is 2.95. The summed E-state index contributed by atoms with van der Waals surface area (Å²) in [6.45, 7) is 0. The van der Waals surface area contributed by atoms with Crippen molar-refractivity contribution in [2.24, 2.45) is 0 Å². The highest BCUT2D eigenvalue weighted by atomic mass is 79.9. The molecule has 0 bridgehead atoms. The lowest BCUT2D eigenvalue weighted by atomic mass is 10.1. The number of hydrogen-bond acceptors (Lipinski definition) is 2. The van der Waals surface area contributed by atoms with E-state index in [2.05, 4.69) is 28.1 Å². The van der Waals surface area contributed by atoms with Crippen molar-refractivity contribution in [3.05, 3.63) is 35.4 Å². The first-order chi connectivity index (χ1) is 7.31. The van der Waals surface area contributed by atoms with E-state index < -0.39 is 0 Å². The van der Waals surface area contributed by atoms with E-state index in [9.17, 15) is 0 Å². The number of rotatable bonds is 4. The van der Waals surface area contributed by atoms with Gasteiger partial charge in [-0.15, -0.1) is 0 Å². The second kappa shape index (κ2) is 6.26. The van der Waals surface area contributed by atoms with Crippen LogP contribution < -0.4 is 4.74 Å².